The molecule has 0 unspecified atom stereocenters. The number of benzene rings is 2. The van der Waals surface area contributed by atoms with Crippen LogP contribution < -0.4 is 5.32 Å². The highest BCUT2D eigenvalue weighted by molar-refractivity contribution is 7.08. The van der Waals surface area contributed by atoms with Crippen LogP contribution in [0.4, 0.5) is 0 Å². The van der Waals surface area contributed by atoms with Crippen molar-refractivity contribution in [2.75, 3.05) is 0 Å². The van der Waals surface area contributed by atoms with Crippen LogP contribution in [0.3, 0.4) is 0 Å². The number of hydrogen-bond donors (Lipinski definition) is 3. The second-order valence-corrected chi connectivity index (χ2v) is 10.1. The lowest BCUT2D eigenvalue weighted by Crippen LogP contribution is -2.12. The van der Waals surface area contributed by atoms with Crippen molar-refractivity contribution in [3.63, 3.8) is 0 Å². The molecule has 2 aromatic carbocycles. The molecule has 5 heterocycles. The minimum atomic E-state index is 0.754. The van der Waals surface area contributed by atoms with Crippen molar-refractivity contribution < 1.29 is 0 Å². The third kappa shape index (κ3) is 4.28. The minimum Gasteiger partial charge on any atom is -0.353 e. The number of hydrogen-bond acceptors (Lipinski definition) is 5. The number of aromatic nitrogens is 5. The molecule has 5 aromatic heterocycles. The van der Waals surface area contributed by atoms with Crippen molar-refractivity contribution in [1.82, 2.24) is 30.5 Å². The number of pyridine rings is 2. The molecule has 0 atom stereocenters. The van der Waals surface area contributed by atoms with Crippen molar-refractivity contribution in [3.8, 4) is 33.8 Å². The fourth-order valence-corrected chi connectivity index (χ4v) is 5.54. The lowest BCUT2D eigenvalue weighted by molar-refractivity contribution is 0.691. The monoisotopic (exact) mass is 512 g/mol. The fraction of sp³-hybridized carbons (Fsp3) is 0.0645. The summed E-state index contributed by atoms with van der Waals surface area (Å²) in [6, 6.07) is 25.3. The van der Waals surface area contributed by atoms with E-state index in [4.69, 9.17) is 0 Å². The van der Waals surface area contributed by atoms with E-state index in [1.54, 1.807) is 11.3 Å². The summed E-state index contributed by atoms with van der Waals surface area (Å²) in [5.41, 5.74) is 10.6. The minimum absolute atomic E-state index is 0.754. The summed E-state index contributed by atoms with van der Waals surface area (Å²) in [6.45, 7) is 1.58. The normalized spacial score (nSPS) is 11.5. The lowest BCUT2D eigenvalue weighted by atomic mass is 10.0. The van der Waals surface area contributed by atoms with Crippen LogP contribution in [0.2, 0.25) is 0 Å². The molecule has 6 nitrogen and oxygen atoms in total. The number of aromatic amines is 2. The Labute approximate surface area is 223 Å². The fourth-order valence-electron chi connectivity index (χ4n) is 4.90. The molecule has 7 rings (SSSR count). The van der Waals surface area contributed by atoms with Crippen LogP contribution in [0.5, 0.6) is 0 Å². The van der Waals surface area contributed by atoms with Crippen LogP contribution in [-0.4, -0.2) is 25.1 Å². The number of H-pyrrole nitrogens is 2. The number of fused-ring (bicyclic) bond motifs is 2. The zero-order valence-electron chi connectivity index (χ0n) is 20.5. The molecule has 0 bridgehead atoms. The molecule has 0 radical (unpaired) electrons. The number of nitrogens with one attached hydrogen (secondary N) is 3. The zero-order valence-corrected chi connectivity index (χ0v) is 21.3. The van der Waals surface area contributed by atoms with Crippen LogP contribution in [0.15, 0.2) is 102 Å². The molecule has 0 aliphatic rings. The quantitative estimate of drug-likeness (QED) is 0.211. The van der Waals surface area contributed by atoms with E-state index in [2.05, 4.69) is 102 Å². The summed E-state index contributed by atoms with van der Waals surface area (Å²) in [4.78, 5) is 12.7. The average molecular weight is 513 g/mol. The van der Waals surface area contributed by atoms with E-state index >= 15 is 0 Å². The maximum atomic E-state index is 4.67. The number of rotatable bonds is 7. The van der Waals surface area contributed by atoms with Crippen LogP contribution in [0, 0.1) is 0 Å². The zero-order chi connectivity index (χ0) is 25.3. The highest BCUT2D eigenvalue weighted by Gasteiger charge is 2.15. The Morgan fingerprint density at radius 3 is 2.53 bits per heavy atom. The summed E-state index contributed by atoms with van der Waals surface area (Å²) in [7, 11) is 0. The predicted octanol–water partition coefficient (Wildman–Crippen LogP) is 7.19. The van der Waals surface area contributed by atoms with E-state index < -0.39 is 0 Å². The Morgan fingerprint density at radius 1 is 0.737 bits per heavy atom. The Bertz CT molecular complexity index is 1850. The van der Waals surface area contributed by atoms with Gasteiger partial charge in [0.1, 0.15) is 5.69 Å². The van der Waals surface area contributed by atoms with Crippen LogP contribution >= 0.6 is 11.3 Å². The van der Waals surface area contributed by atoms with Gasteiger partial charge in [0.25, 0.3) is 0 Å². The maximum absolute atomic E-state index is 4.67. The first-order valence-corrected chi connectivity index (χ1v) is 13.4. The summed E-state index contributed by atoms with van der Waals surface area (Å²) in [6.07, 6.45) is 5.70. The lowest BCUT2D eigenvalue weighted by Gasteiger charge is -2.08. The van der Waals surface area contributed by atoms with Gasteiger partial charge in [0.05, 0.1) is 16.9 Å². The summed E-state index contributed by atoms with van der Waals surface area (Å²) in [5, 5.41) is 17.7. The van der Waals surface area contributed by atoms with Crippen molar-refractivity contribution in [1.29, 1.82) is 0 Å². The van der Waals surface area contributed by atoms with Gasteiger partial charge in [0.15, 0.2) is 0 Å². The molecule has 0 spiro atoms. The van der Waals surface area contributed by atoms with Crippen LogP contribution in [-0.2, 0) is 13.1 Å². The standard InChI is InChI=1S/C31H24N6S/c1-2-4-20(5-3-1)15-32-16-21-12-24(18-33-17-21)22-6-7-28-25(13-22)31(37-36-28)29-14-26-27(35-29)8-10-34-30(26)23-9-11-38-19-23/h1-14,17-19,32,35H,15-16H2,(H,36,37). The number of thiophene rings is 1. The summed E-state index contributed by atoms with van der Waals surface area (Å²) < 4.78 is 0. The molecule has 0 aliphatic carbocycles. The summed E-state index contributed by atoms with van der Waals surface area (Å²) >= 11 is 1.68. The molecule has 0 saturated heterocycles. The van der Waals surface area contributed by atoms with E-state index in [1.807, 2.05) is 30.7 Å². The topological polar surface area (TPSA) is 82.3 Å². The van der Waals surface area contributed by atoms with Crippen molar-refractivity contribution in [3.05, 3.63) is 113 Å². The Morgan fingerprint density at radius 2 is 1.63 bits per heavy atom. The molecule has 0 amide bonds. The van der Waals surface area contributed by atoms with Gasteiger partial charge in [-0.2, -0.15) is 16.4 Å². The SMILES string of the molecule is c1ccc(CNCc2cncc(-c3ccc4[nH]nc(-c5cc6c(-c7ccsc7)nccc6[nH]5)c4c3)c2)cc1. The van der Waals surface area contributed by atoms with E-state index in [0.717, 1.165) is 74.2 Å². The summed E-state index contributed by atoms with van der Waals surface area (Å²) in [5.74, 6) is 0. The van der Waals surface area contributed by atoms with Crippen LogP contribution in [0.25, 0.3) is 55.6 Å². The third-order valence-corrected chi connectivity index (χ3v) is 7.47. The Balaban J connectivity index is 1.20. The molecule has 7 heteroatoms. The Kier molecular flexibility index (Phi) is 5.77. The molecule has 0 aliphatic heterocycles. The molecule has 7 aromatic rings. The predicted molar refractivity (Wildman–Crippen MR) is 155 cm³/mol. The van der Waals surface area contributed by atoms with Gasteiger partial charge in [-0.15, -0.1) is 0 Å². The highest BCUT2D eigenvalue weighted by Crippen LogP contribution is 2.34. The molecule has 0 fully saturated rings. The van der Waals surface area contributed by atoms with Crippen molar-refractivity contribution in [2.24, 2.45) is 0 Å². The first-order chi connectivity index (χ1) is 18.8. The van der Waals surface area contributed by atoms with Gasteiger partial charge >= 0.3 is 0 Å². The van der Waals surface area contributed by atoms with Crippen molar-refractivity contribution in [2.45, 2.75) is 13.1 Å². The van der Waals surface area contributed by atoms with Gasteiger partial charge < -0.3 is 10.3 Å². The van der Waals surface area contributed by atoms with E-state index in [9.17, 15) is 0 Å². The highest BCUT2D eigenvalue weighted by atomic mass is 32.1. The number of nitrogens with zero attached hydrogens (tertiary/aromatic N) is 3. The van der Waals surface area contributed by atoms with Gasteiger partial charge in [0.2, 0.25) is 0 Å². The van der Waals surface area contributed by atoms with Gasteiger partial charge in [-0.1, -0.05) is 36.4 Å². The average Bonchev–Trinajstić information content (AvgIpc) is 3.73. The second kappa shape index (κ2) is 9.70. The first-order valence-electron chi connectivity index (χ1n) is 12.5. The third-order valence-electron chi connectivity index (χ3n) is 6.79. The molecule has 38 heavy (non-hydrogen) atoms. The molecular formula is C31H24N6S. The maximum Gasteiger partial charge on any atom is 0.116 e. The van der Waals surface area contributed by atoms with Crippen molar-refractivity contribution >= 4 is 33.1 Å². The first kappa shape index (κ1) is 22.6. The van der Waals surface area contributed by atoms with Gasteiger partial charge in [-0.05, 0) is 58.5 Å². The van der Waals surface area contributed by atoms with Gasteiger partial charge in [0, 0.05) is 64.5 Å². The van der Waals surface area contributed by atoms with E-state index in [-0.39, 0.29) is 0 Å². The molecule has 184 valence electrons. The van der Waals surface area contributed by atoms with Crippen LogP contribution in [0.1, 0.15) is 11.1 Å². The largest absolute Gasteiger partial charge is 0.353 e. The second-order valence-electron chi connectivity index (χ2n) is 9.32. The van der Waals surface area contributed by atoms with Gasteiger partial charge in [-0.25, -0.2) is 0 Å². The molecule has 0 saturated carbocycles. The smallest absolute Gasteiger partial charge is 0.116 e. The Hall–Kier alpha value is -4.59. The van der Waals surface area contributed by atoms with E-state index in [0.29, 0.717) is 0 Å². The van der Waals surface area contributed by atoms with Gasteiger partial charge in [-0.3, -0.25) is 15.1 Å². The molecule has 3 N–H and O–H groups in total. The molecular weight excluding hydrogens is 488 g/mol. The van der Waals surface area contributed by atoms with E-state index in [1.165, 1.54) is 5.56 Å².